The van der Waals surface area contributed by atoms with E-state index in [4.69, 9.17) is 4.74 Å². The van der Waals surface area contributed by atoms with Crippen LogP contribution < -0.4 is 5.32 Å². The molecule has 1 aromatic heterocycles. The average molecular weight is 546 g/mol. The van der Waals surface area contributed by atoms with E-state index in [1.165, 1.54) is 6.07 Å². The number of nitrogens with one attached hydrogen (secondary N) is 1. The number of hydrogen-bond donors (Lipinski definition) is 2. The molecule has 13 heteroatoms. The Labute approximate surface area is 212 Å². The van der Waals surface area contributed by atoms with Crippen molar-refractivity contribution in [3.8, 4) is 0 Å². The van der Waals surface area contributed by atoms with Gasteiger partial charge in [-0.3, -0.25) is 10.1 Å². The zero-order valence-corrected chi connectivity index (χ0v) is 21.6. The van der Waals surface area contributed by atoms with E-state index in [0.29, 0.717) is 11.3 Å². The molecular formula is C23H29F2N3O6S2. The highest BCUT2D eigenvalue weighted by Crippen LogP contribution is 2.32. The smallest absolute Gasteiger partial charge is 0.324 e. The van der Waals surface area contributed by atoms with E-state index in [9.17, 15) is 31.9 Å². The van der Waals surface area contributed by atoms with Crippen LogP contribution in [0.1, 0.15) is 51.5 Å². The number of aromatic nitrogens is 1. The highest BCUT2D eigenvalue weighted by atomic mass is 32.2. The zero-order chi connectivity index (χ0) is 26.5. The van der Waals surface area contributed by atoms with Gasteiger partial charge in [-0.05, 0) is 32.8 Å². The second-order valence-electron chi connectivity index (χ2n) is 9.01. The topological polar surface area (TPSA) is 126 Å². The highest BCUT2D eigenvalue weighted by molar-refractivity contribution is 7.95. The lowest BCUT2D eigenvalue weighted by Gasteiger charge is -2.34. The van der Waals surface area contributed by atoms with Gasteiger partial charge >= 0.3 is 12.0 Å². The third-order valence-electron chi connectivity index (χ3n) is 6.18. The number of hydrogen-bond acceptors (Lipinski definition) is 7. The van der Waals surface area contributed by atoms with E-state index in [2.05, 4.69) is 10.3 Å². The number of benzene rings is 1. The number of sulfone groups is 1. The Bertz CT molecular complexity index is 1200. The number of halogens is 2. The van der Waals surface area contributed by atoms with Crippen molar-refractivity contribution in [2.75, 3.05) is 18.5 Å². The van der Waals surface area contributed by atoms with Crippen molar-refractivity contribution in [3.05, 3.63) is 41.6 Å². The first-order valence-corrected chi connectivity index (χ1v) is 13.8. The van der Waals surface area contributed by atoms with Gasteiger partial charge in [-0.25, -0.2) is 27.0 Å². The fourth-order valence-electron chi connectivity index (χ4n) is 3.80. The molecule has 9 nitrogen and oxygen atoms in total. The molecular weight excluding hydrogens is 516 g/mol. The summed E-state index contributed by atoms with van der Waals surface area (Å²) in [6.45, 7) is 2.39. The summed E-state index contributed by atoms with van der Waals surface area (Å²) in [5, 5.41) is 11.9. The molecule has 2 N–H and O–H groups in total. The lowest BCUT2D eigenvalue weighted by molar-refractivity contribution is -0.139. The molecule has 0 spiro atoms. The largest absolute Gasteiger partial charge is 0.480 e. The summed E-state index contributed by atoms with van der Waals surface area (Å²) >= 11 is 0.680. The second-order valence-corrected chi connectivity index (χ2v) is 12.8. The van der Waals surface area contributed by atoms with Crippen LogP contribution in [-0.4, -0.2) is 59.3 Å². The van der Waals surface area contributed by atoms with Gasteiger partial charge < -0.3 is 14.7 Å². The Kier molecular flexibility index (Phi) is 9.01. The molecule has 0 radical (unpaired) electrons. The molecule has 1 saturated carbocycles. The first-order chi connectivity index (χ1) is 16.9. The number of carboxylic acid groups (broad SMARTS) is 1. The van der Waals surface area contributed by atoms with Gasteiger partial charge in [0, 0.05) is 24.2 Å². The number of carbonyl (C=O) groups excluding carboxylic acids is 1. The standard InChI is InChI=1S/C23H29F2N3O6S2/c1-23(2,20(29)30)36(32,33)19-13-26-21(35-19)27-22(31)28(17-6-4-3-5-7-17)10-11-34-14-15-8-9-16(24)12-18(15)25/h8-9,12-13,17H,3-7,10-11,14H2,1-2H3,(H,29,30)(H,26,27,31). The van der Waals surface area contributed by atoms with Crippen molar-refractivity contribution in [2.24, 2.45) is 0 Å². The Morgan fingerprint density at radius 1 is 1.25 bits per heavy atom. The molecule has 1 fully saturated rings. The lowest BCUT2D eigenvalue weighted by atomic mass is 9.94. The Morgan fingerprint density at radius 3 is 2.58 bits per heavy atom. The summed E-state index contributed by atoms with van der Waals surface area (Å²) in [6, 6.07) is 2.67. The highest BCUT2D eigenvalue weighted by Gasteiger charge is 2.44. The van der Waals surface area contributed by atoms with Crippen molar-refractivity contribution in [3.63, 3.8) is 0 Å². The number of aliphatic carboxylic acids is 1. The van der Waals surface area contributed by atoms with Crippen LogP contribution in [-0.2, 0) is 26.0 Å². The van der Waals surface area contributed by atoms with E-state index in [1.54, 1.807) is 4.90 Å². The number of carboxylic acids is 1. The maximum Gasteiger partial charge on any atom is 0.324 e. The first-order valence-electron chi connectivity index (χ1n) is 11.5. The lowest BCUT2D eigenvalue weighted by Crippen LogP contribution is -2.45. The minimum absolute atomic E-state index is 0.0230. The molecule has 0 aliphatic heterocycles. The molecule has 0 unspecified atom stereocenters. The van der Waals surface area contributed by atoms with E-state index in [-0.39, 0.29) is 40.7 Å². The normalized spacial score (nSPS) is 15.0. The molecule has 2 amide bonds. The molecule has 0 bridgehead atoms. The molecule has 1 aliphatic rings. The Hall–Kier alpha value is -2.64. The predicted octanol–water partition coefficient (Wildman–Crippen LogP) is 4.44. The van der Waals surface area contributed by atoms with Crippen LogP contribution in [0.2, 0.25) is 0 Å². The maximum atomic E-state index is 13.8. The molecule has 2 aromatic rings. The van der Waals surface area contributed by atoms with E-state index >= 15 is 0 Å². The monoisotopic (exact) mass is 545 g/mol. The van der Waals surface area contributed by atoms with Crippen molar-refractivity contribution < 1.29 is 36.6 Å². The van der Waals surface area contributed by atoms with E-state index in [1.807, 2.05) is 0 Å². The molecule has 0 atom stereocenters. The third-order valence-corrected chi connectivity index (χ3v) is 9.94. The fourth-order valence-corrected chi connectivity index (χ4v) is 6.56. The zero-order valence-electron chi connectivity index (χ0n) is 20.0. The first kappa shape index (κ1) is 27.9. The Balaban J connectivity index is 1.67. The molecule has 1 aromatic carbocycles. The predicted molar refractivity (Wildman–Crippen MR) is 130 cm³/mol. The number of carbonyl (C=O) groups is 2. The summed E-state index contributed by atoms with van der Waals surface area (Å²) in [4.78, 5) is 30.1. The van der Waals surface area contributed by atoms with Crippen LogP contribution >= 0.6 is 11.3 Å². The molecule has 0 saturated heterocycles. The van der Waals surface area contributed by atoms with Gasteiger partial charge in [-0.1, -0.05) is 36.7 Å². The van der Waals surface area contributed by atoms with Crippen molar-refractivity contribution in [2.45, 2.75) is 67.6 Å². The van der Waals surface area contributed by atoms with Gasteiger partial charge in [0.2, 0.25) is 9.84 Å². The molecule has 198 valence electrons. The summed E-state index contributed by atoms with van der Waals surface area (Å²) in [6.07, 6.45) is 5.61. The van der Waals surface area contributed by atoms with Crippen LogP contribution in [0.5, 0.6) is 0 Å². The molecule has 36 heavy (non-hydrogen) atoms. The summed E-state index contributed by atoms with van der Waals surface area (Å²) < 4.78 is 55.5. The average Bonchev–Trinajstić information content (AvgIpc) is 3.29. The second kappa shape index (κ2) is 11.6. The van der Waals surface area contributed by atoms with Gasteiger partial charge in [-0.2, -0.15) is 0 Å². The summed E-state index contributed by atoms with van der Waals surface area (Å²) in [5.41, 5.74) is 0.200. The van der Waals surface area contributed by atoms with Crippen molar-refractivity contribution in [1.82, 2.24) is 9.88 Å². The Morgan fingerprint density at radius 2 is 1.94 bits per heavy atom. The van der Waals surface area contributed by atoms with E-state index in [0.717, 1.165) is 64.3 Å². The third kappa shape index (κ3) is 6.37. The number of urea groups is 1. The minimum atomic E-state index is -4.23. The van der Waals surface area contributed by atoms with Crippen LogP contribution in [0, 0.1) is 11.6 Å². The molecule has 3 rings (SSSR count). The van der Waals surface area contributed by atoms with E-state index < -0.39 is 38.2 Å². The quantitative estimate of drug-likeness (QED) is 0.423. The van der Waals surface area contributed by atoms with Gasteiger partial charge in [0.25, 0.3) is 0 Å². The number of thiazole rings is 1. The molecule has 1 aliphatic carbocycles. The number of ether oxygens (including phenoxy) is 1. The van der Waals surface area contributed by atoms with Crippen LogP contribution in [0.4, 0.5) is 18.7 Å². The number of nitrogens with zero attached hydrogens (tertiary/aromatic N) is 2. The van der Waals surface area contributed by atoms with Crippen molar-refractivity contribution in [1.29, 1.82) is 0 Å². The maximum absolute atomic E-state index is 13.8. The van der Waals surface area contributed by atoms with Gasteiger partial charge in [0.1, 0.15) is 15.8 Å². The van der Waals surface area contributed by atoms with Gasteiger partial charge in [0.15, 0.2) is 9.88 Å². The van der Waals surface area contributed by atoms with Crippen molar-refractivity contribution >= 4 is 38.3 Å². The number of amides is 2. The number of rotatable bonds is 10. The fraction of sp³-hybridized carbons (Fsp3) is 0.522. The molecule has 1 heterocycles. The SMILES string of the molecule is CC(C)(C(=O)O)S(=O)(=O)c1cnc(NC(=O)N(CCOCc2ccc(F)cc2F)C2CCCCC2)s1. The summed E-state index contributed by atoms with van der Waals surface area (Å²) in [7, 11) is -4.23. The van der Waals surface area contributed by atoms with Gasteiger partial charge in [-0.15, -0.1) is 0 Å². The van der Waals surface area contributed by atoms with Crippen LogP contribution in [0.15, 0.2) is 28.6 Å². The van der Waals surface area contributed by atoms with Gasteiger partial charge in [0.05, 0.1) is 19.4 Å². The minimum Gasteiger partial charge on any atom is -0.480 e. The van der Waals surface area contributed by atoms with Crippen LogP contribution in [0.25, 0.3) is 0 Å². The summed E-state index contributed by atoms with van der Waals surface area (Å²) in [5.74, 6) is -2.89. The number of anilines is 1. The van der Waals surface area contributed by atoms with Crippen LogP contribution in [0.3, 0.4) is 0 Å².